The van der Waals surface area contributed by atoms with Crippen LogP contribution in [0.25, 0.3) is 0 Å². The summed E-state index contributed by atoms with van der Waals surface area (Å²) >= 11 is 0. The van der Waals surface area contributed by atoms with E-state index in [1.807, 2.05) is 6.07 Å². The Morgan fingerprint density at radius 2 is 1.82 bits per heavy atom. The third-order valence-corrected chi connectivity index (χ3v) is 3.23. The first-order chi connectivity index (χ1) is 10.2. The number of benzene rings is 1. The van der Waals surface area contributed by atoms with Crippen LogP contribution in [-0.2, 0) is 14.3 Å². The second-order valence-electron chi connectivity index (χ2n) is 6.25. The van der Waals surface area contributed by atoms with Gasteiger partial charge in [0, 0.05) is 5.69 Å². The monoisotopic (exact) mass is 304 g/mol. The normalized spacial score (nSPS) is 19.5. The maximum absolute atomic E-state index is 11.9. The number of nitrogens with zero attached hydrogens (tertiary/aromatic N) is 1. The van der Waals surface area contributed by atoms with Gasteiger partial charge in [-0.25, -0.2) is 4.79 Å². The zero-order valence-corrected chi connectivity index (χ0v) is 13.1. The fraction of sp³-hybridized carbons (Fsp3) is 0.438. The van der Waals surface area contributed by atoms with E-state index in [0.29, 0.717) is 5.69 Å². The summed E-state index contributed by atoms with van der Waals surface area (Å²) in [6, 6.07) is 7.65. The fourth-order valence-corrected chi connectivity index (χ4v) is 2.31. The molecule has 0 spiro atoms. The van der Waals surface area contributed by atoms with Gasteiger partial charge < -0.3 is 10.1 Å². The molecule has 0 aromatic heterocycles. The Kier molecular flexibility index (Phi) is 4.21. The van der Waals surface area contributed by atoms with E-state index in [4.69, 9.17) is 4.74 Å². The number of hydrogen-bond acceptors (Lipinski definition) is 4. The molecule has 1 aliphatic rings. The molecule has 1 aliphatic heterocycles. The zero-order chi connectivity index (χ0) is 16.5. The summed E-state index contributed by atoms with van der Waals surface area (Å²) in [6.45, 7) is 6.94. The van der Waals surface area contributed by atoms with E-state index >= 15 is 0 Å². The quantitative estimate of drug-likeness (QED) is 0.683. The summed E-state index contributed by atoms with van der Waals surface area (Å²) in [5.41, 5.74) is 0.0115. The van der Waals surface area contributed by atoms with Gasteiger partial charge in [-0.2, -0.15) is 0 Å². The Balaban J connectivity index is 2.08. The number of nitrogens with one attached hydrogen (secondary N) is 1. The molecule has 2 atom stereocenters. The average molecular weight is 304 g/mol. The van der Waals surface area contributed by atoms with Gasteiger partial charge in [0.15, 0.2) is 0 Å². The molecule has 1 saturated heterocycles. The molecule has 0 radical (unpaired) electrons. The first-order valence-electron chi connectivity index (χ1n) is 7.12. The molecule has 0 saturated carbocycles. The number of alkyl carbamates (subject to hydrolysis) is 1. The number of carbonyl (C=O) groups is 3. The summed E-state index contributed by atoms with van der Waals surface area (Å²) in [7, 11) is 0. The van der Waals surface area contributed by atoms with Crippen molar-refractivity contribution in [1.29, 1.82) is 0 Å². The molecule has 0 unspecified atom stereocenters. The van der Waals surface area contributed by atoms with Crippen molar-refractivity contribution in [3.63, 3.8) is 0 Å². The fourth-order valence-electron chi connectivity index (χ4n) is 2.31. The van der Waals surface area contributed by atoms with Crippen molar-refractivity contribution in [3.8, 4) is 0 Å². The van der Waals surface area contributed by atoms with Gasteiger partial charge in [0.05, 0.1) is 6.04 Å². The Bertz CT molecular complexity index is 592. The van der Waals surface area contributed by atoms with E-state index in [2.05, 4.69) is 5.32 Å². The van der Waals surface area contributed by atoms with E-state index in [1.165, 1.54) is 4.90 Å². The summed E-state index contributed by atoms with van der Waals surface area (Å²) < 4.78 is 5.17. The standard InChI is InChI=1S/C16H20N2O4/c1-10(17-15(21)22-16(2,3)4)12-13(19)14(20)18(12)11-8-6-5-7-9-11/h5-10,12H,1-4H3,(H,17,21)/t10-,12+/m0/s1. The first-order valence-corrected chi connectivity index (χ1v) is 7.12. The lowest BCUT2D eigenvalue weighted by Gasteiger charge is -2.41. The maximum atomic E-state index is 11.9. The molecular formula is C16H20N2O4. The summed E-state index contributed by atoms with van der Waals surface area (Å²) in [5, 5.41) is 2.61. The third kappa shape index (κ3) is 3.27. The smallest absolute Gasteiger partial charge is 0.407 e. The lowest BCUT2D eigenvalue weighted by atomic mass is 9.92. The Morgan fingerprint density at radius 3 is 2.36 bits per heavy atom. The highest BCUT2D eigenvalue weighted by atomic mass is 16.6. The van der Waals surface area contributed by atoms with E-state index < -0.39 is 35.5 Å². The molecule has 118 valence electrons. The number of amides is 2. The van der Waals surface area contributed by atoms with Crippen molar-refractivity contribution < 1.29 is 19.1 Å². The van der Waals surface area contributed by atoms with E-state index in [9.17, 15) is 14.4 Å². The molecule has 2 amide bonds. The number of para-hydroxylation sites is 1. The van der Waals surface area contributed by atoms with E-state index in [0.717, 1.165) is 0 Å². The zero-order valence-electron chi connectivity index (χ0n) is 13.1. The van der Waals surface area contributed by atoms with Gasteiger partial charge in [0.2, 0.25) is 5.78 Å². The predicted molar refractivity (Wildman–Crippen MR) is 81.6 cm³/mol. The molecule has 0 aliphatic carbocycles. The van der Waals surface area contributed by atoms with E-state index in [-0.39, 0.29) is 0 Å². The lowest BCUT2D eigenvalue weighted by Crippen LogP contribution is -2.69. The molecule has 1 N–H and O–H groups in total. The first kappa shape index (κ1) is 16.0. The van der Waals surface area contributed by atoms with Crippen LogP contribution in [0.4, 0.5) is 10.5 Å². The van der Waals surface area contributed by atoms with Gasteiger partial charge in [0.1, 0.15) is 11.6 Å². The van der Waals surface area contributed by atoms with Gasteiger partial charge >= 0.3 is 6.09 Å². The number of carbonyl (C=O) groups excluding carboxylic acids is 3. The molecule has 22 heavy (non-hydrogen) atoms. The molecule has 1 fully saturated rings. The number of ketones is 1. The van der Waals surface area contributed by atoms with Gasteiger partial charge in [-0.05, 0) is 39.8 Å². The predicted octanol–water partition coefficient (Wildman–Crippen LogP) is 1.88. The van der Waals surface area contributed by atoms with Crippen LogP contribution < -0.4 is 10.2 Å². The van der Waals surface area contributed by atoms with Crippen molar-refractivity contribution >= 4 is 23.5 Å². The van der Waals surface area contributed by atoms with Crippen LogP contribution in [0.5, 0.6) is 0 Å². The van der Waals surface area contributed by atoms with Crippen molar-refractivity contribution in [2.75, 3.05) is 4.90 Å². The van der Waals surface area contributed by atoms with E-state index in [1.54, 1.807) is 52.0 Å². The largest absolute Gasteiger partial charge is 0.444 e. The molecular weight excluding hydrogens is 284 g/mol. The molecule has 6 nitrogen and oxygen atoms in total. The molecule has 0 bridgehead atoms. The van der Waals surface area contributed by atoms with Crippen LogP contribution in [0.15, 0.2) is 30.3 Å². The number of anilines is 1. The molecule has 1 aromatic rings. The van der Waals surface area contributed by atoms with Crippen molar-refractivity contribution in [1.82, 2.24) is 5.32 Å². The minimum Gasteiger partial charge on any atom is -0.444 e. The van der Waals surface area contributed by atoms with Crippen LogP contribution in [0.1, 0.15) is 27.7 Å². The lowest BCUT2D eigenvalue weighted by molar-refractivity contribution is -0.144. The Hall–Kier alpha value is -2.37. The Labute approximate surface area is 129 Å². The van der Waals surface area contributed by atoms with Gasteiger partial charge in [-0.3, -0.25) is 14.5 Å². The highest BCUT2D eigenvalue weighted by Crippen LogP contribution is 2.27. The third-order valence-electron chi connectivity index (χ3n) is 3.23. The maximum Gasteiger partial charge on any atom is 0.407 e. The summed E-state index contributed by atoms with van der Waals surface area (Å²) in [6.07, 6.45) is -0.611. The Morgan fingerprint density at radius 1 is 1.23 bits per heavy atom. The van der Waals surface area contributed by atoms with Crippen molar-refractivity contribution in [3.05, 3.63) is 30.3 Å². The van der Waals surface area contributed by atoms with Crippen LogP contribution in [0.3, 0.4) is 0 Å². The highest BCUT2D eigenvalue weighted by Gasteiger charge is 2.50. The van der Waals surface area contributed by atoms with Gasteiger partial charge in [-0.1, -0.05) is 18.2 Å². The number of hydrogen-bond donors (Lipinski definition) is 1. The number of ether oxygens (including phenoxy) is 1. The van der Waals surface area contributed by atoms with Crippen molar-refractivity contribution in [2.45, 2.75) is 45.4 Å². The molecule has 2 rings (SSSR count). The summed E-state index contributed by atoms with van der Waals surface area (Å²) in [4.78, 5) is 36.9. The minimum atomic E-state index is -0.706. The minimum absolute atomic E-state index is 0.507. The second kappa shape index (κ2) is 5.79. The number of Topliss-reactive ketones (excluding diaryl/α,β-unsaturated/α-hetero) is 1. The average Bonchev–Trinajstić information content (AvgIpc) is 2.41. The van der Waals surface area contributed by atoms with Crippen LogP contribution in [0.2, 0.25) is 0 Å². The van der Waals surface area contributed by atoms with Gasteiger partial charge in [-0.15, -0.1) is 0 Å². The second-order valence-corrected chi connectivity index (χ2v) is 6.25. The summed E-state index contributed by atoms with van der Waals surface area (Å²) in [5.74, 6) is -1.07. The van der Waals surface area contributed by atoms with Crippen LogP contribution in [0, 0.1) is 0 Å². The van der Waals surface area contributed by atoms with Crippen LogP contribution >= 0.6 is 0 Å². The molecule has 1 aromatic carbocycles. The molecule has 1 heterocycles. The SMILES string of the molecule is C[C@H](NC(=O)OC(C)(C)C)[C@@H]1C(=O)C(=O)N1c1ccccc1. The van der Waals surface area contributed by atoms with Crippen molar-refractivity contribution in [2.24, 2.45) is 0 Å². The highest BCUT2D eigenvalue weighted by molar-refractivity contribution is 6.52. The molecule has 6 heteroatoms. The number of rotatable bonds is 3. The number of β-lactam (4-membered cyclic amide) rings is 1. The van der Waals surface area contributed by atoms with Gasteiger partial charge in [0.25, 0.3) is 5.91 Å². The van der Waals surface area contributed by atoms with Crippen LogP contribution in [-0.4, -0.2) is 35.5 Å². The topological polar surface area (TPSA) is 75.7 Å².